The largest absolute Gasteiger partial charge is 0.387 e. The maximum atomic E-state index is 10.2. The lowest BCUT2D eigenvalue weighted by Gasteiger charge is -2.25. The molecule has 0 amide bonds. The highest BCUT2D eigenvalue weighted by atomic mass is 16.3. The van der Waals surface area contributed by atoms with Gasteiger partial charge in [-0.05, 0) is 37.4 Å². The van der Waals surface area contributed by atoms with Crippen molar-refractivity contribution in [2.24, 2.45) is 0 Å². The van der Waals surface area contributed by atoms with Crippen LogP contribution >= 0.6 is 0 Å². The number of benzene rings is 1. The van der Waals surface area contributed by atoms with E-state index in [1.54, 1.807) is 0 Å². The van der Waals surface area contributed by atoms with Crippen LogP contribution < -0.4 is 0 Å². The van der Waals surface area contributed by atoms with Crippen LogP contribution in [0.25, 0.3) is 0 Å². The van der Waals surface area contributed by atoms with Gasteiger partial charge in [-0.25, -0.2) is 0 Å². The minimum atomic E-state index is -0.411. The molecule has 0 radical (unpaired) electrons. The molecule has 2 heteroatoms. The normalized spacial score (nSPS) is 14.3. The van der Waals surface area contributed by atoms with E-state index in [9.17, 15) is 5.11 Å². The van der Waals surface area contributed by atoms with E-state index >= 15 is 0 Å². The van der Waals surface area contributed by atoms with Crippen LogP contribution in [0.4, 0.5) is 0 Å². The van der Waals surface area contributed by atoms with E-state index in [2.05, 4.69) is 51.7 Å². The Morgan fingerprint density at radius 2 is 1.61 bits per heavy atom. The van der Waals surface area contributed by atoms with Gasteiger partial charge in [0.2, 0.25) is 0 Å². The predicted octanol–water partition coefficient (Wildman–Crippen LogP) is 3.36. The van der Waals surface area contributed by atoms with Gasteiger partial charge in [0, 0.05) is 12.6 Å². The first-order valence-electron chi connectivity index (χ1n) is 6.70. The molecule has 0 aromatic heterocycles. The summed E-state index contributed by atoms with van der Waals surface area (Å²) in [4.78, 5) is 2.16. The van der Waals surface area contributed by atoms with Crippen molar-refractivity contribution in [1.29, 1.82) is 0 Å². The quantitative estimate of drug-likeness (QED) is 0.884. The maximum Gasteiger partial charge on any atom is 0.0916 e. The van der Waals surface area contributed by atoms with E-state index in [4.69, 9.17) is 0 Å². The van der Waals surface area contributed by atoms with Gasteiger partial charge in [0.15, 0.2) is 0 Å². The Bertz CT molecular complexity index is 362. The number of likely N-dealkylation sites (N-methyl/N-ethyl adjacent to an activating group) is 1. The lowest BCUT2D eigenvalue weighted by Crippen LogP contribution is -2.30. The van der Waals surface area contributed by atoms with Gasteiger partial charge in [-0.3, -0.25) is 0 Å². The zero-order valence-electron chi connectivity index (χ0n) is 12.6. The second-order valence-electron chi connectivity index (χ2n) is 6.42. The smallest absolute Gasteiger partial charge is 0.0916 e. The lowest BCUT2D eigenvalue weighted by molar-refractivity contribution is 0.112. The van der Waals surface area contributed by atoms with Gasteiger partial charge >= 0.3 is 0 Å². The van der Waals surface area contributed by atoms with Gasteiger partial charge in [0.1, 0.15) is 0 Å². The second-order valence-corrected chi connectivity index (χ2v) is 6.42. The average molecular weight is 249 g/mol. The number of hydrogen-bond acceptors (Lipinski definition) is 2. The summed E-state index contributed by atoms with van der Waals surface area (Å²) < 4.78 is 0. The Hall–Kier alpha value is -0.860. The van der Waals surface area contributed by atoms with Gasteiger partial charge in [-0.15, -0.1) is 0 Å². The van der Waals surface area contributed by atoms with Gasteiger partial charge < -0.3 is 10.0 Å². The summed E-state index contributed by atoms with van der Waals surface area (Å²) in [6, 6.07) is 8.77. The van der Waals surface area contributed by atoms with Crippen LogP contribution in [0.5, 0.6) is 0 Å². The monoisotopic (exact) mass is 249 g/mol. The highest BCUT2D eigenvalue weighted by Crippen LogP contribution is 2.24. The van der Waals surface area contributed by atoms with Crippen LogP contribution in [0.2, 0.25) is 0 Å². The number of hydrogen-bond donors (Lipinski definition) is 1. The minimum Gasteiger partial charge on any atom is -0.387 e. The van der Waals surface area contributed by atoms with Crippen molar-refractivity contribution in [3.8, 4) is 0 Å². The molecule has 1 rings (SSSR count). The fourth-order valence-corrected chi connectivity index (χ4v) is 1.79. The molecule has 0 saturated carbocycles. The number of rotatable bonds is 4. The molecule has 1 N–H and O–H groups in total. The Morgan fingerprint density at radius 1 is 1.11 bits per heavy atom. The summed E-state index contributed by atoms with van der Waals surface area (Å²) in [5, 5.41) is 10.2. The van der Waals surface area contributed by atoms with E-state index in [0.717, 1.165) is 5.56 Å². The molecule has 1 unspecified atom stereocenters. The third-order valence-electron chi connectivity index (χ3n) is 3.50. The Labute approximate surface area is 112 Å². The number of aliphatic hydroxyl groups excluding tert-OH is 1. The van der Waals surface area contributed by atoms with Crippen LogP contribution in [0, 0.1) is 0 Å². The van der Waals surface area contributed by atoms with Gasteiger partial charge in [0.05, 0.1) is 6.10 Å². The SMILES string of the molecule is CC(C)N(C)CC(O)c1ccc(C(C)(C)C)cc1. The molecule has 1 atom stereocenters. The first kappa shape index (κ1) is 15.2. The first-order valence-corrected chi connectivity index (χ1v) is 6.70. The van der Waals surface area contributed by atoms with Crippen LogP contribution in [0.1, 0.15) is 51.8 Å². The minimum absolute atomic E-state index is 0.165. The topological polar surface area (TPSA) is 23.5 Å². The highest BCUT2D eigenvalue weighted by Gasteiger charge is 2.16. The molecule has 0 aliphatic carbocycles. The van der Waals surface area contributed by atoms with Gasteiger partial charge in [-0.1, -0.05) is 45.0 Å². The molecule has 102 valence electrons. The first-order chi connectivity index (χ1) is 8.21. The van der Waals surface area contributed by atoms with Crippen LogP contribution in [-0.2, 0) is 5.41 Å². The standard InChI is InChI=1S/C16H27NO/c1-12(2)17(6)11-15(18)13-7-9-14(10-8-13)16(3,4)5/h7-10,12,15,18H,11H2,1-6H3. The summed E-state index contributed by atoms with van der Waals surface area (Å²) in [5.74, 6) is 0. The highest BCUT2D eigenvalue weighted by molar-refractivity contribution is 5.28. The lowest BCUT2D eigenvalue weighted by atomic mass is 9.86. The number of aliphatic hydroxyl groups is 1. The zero-order valence-corrected chi connectivity index (χ0v) is 12.6. The molecule has 0 spiro atoms. The summed E-state index contributed by atoms with van der Waals surface area (Å²) in [6.45, 7) is 11.5. The Morgan fingerprint density at radius 3 is 2.00 bits per heavy atom. The van der Waals surface area contributed by atoms with E-state index in [-0.39, 0.29) is 5.41 Å². The summed E-state index contributed by atoms with van der Waals surface area (Å²) in [5.41, 5.74) is 2.46. The van der Waals surface area contributed by atoms with Crippen molar-refractivity contribution in [2.45, 2.75) is 52.2 Å². The molecular formula is C16H27NO. The molecule has 0 heterocycles. The van der Waals surface area contributed by atoms with Crippen molar-refractivity contribution >= 4 is 0 Å². The predicted molar refractivity (Wildman–Crippen MR) is 77.9 cm³/mol. The third-order valence-corrected chi connectivity index (χ3v) is 3.50. The van der Waals surface area contributed by atoms with Crippen LogP contribution in [0.15, 0.2) is 24.3 Å². The molecule has 0 saturated heterocycles. The molecular weight excluding hydrogens is 222 g/mol. The van der Waals surface area contributed by atoms with Crippen LogP contribution in [-0.4, -0.2) is 29.6 Å². The molecule has 1 aromatic carbocycles. The summed E-state index contributed by atoms with van der Waals surface area (Å²) in [7, 11) is 2.04. The molecule has 1 aromatic rings. The summed E-state index contributed by atoms with van der Waals surface area (Å²) >= 11 is 0. The van der Waals surface area contributed by atoms with Gasteiger partial charge in [0.25, 0.3) is 0 Å². The van der Waals surface area contributed by atoms with Crippen molar-refractivity contribution in [1.82, 2.24) is 4.90 Å². The second kappa shape index (κ2) is 5.85. The third kappa shape index (κ3) is 4.11. The molecule has 0 fully saturated rings. The van der Waals surface area contributed by atoms with E-state index < -0.39 is 6.10 Å². The Kier molecular flexibility index (Phi) is 4.94. The van der Waals surface area contributed by atoms with Crippen molar-refractivity contribution < 1.29 is 5.11 Å². The molecule has 0 bridgehead atoms. The summed E-state index contributed by atoms with van der Waals surface area (Å²) in [6.07, 6.45) is -0.411. The number of nitrogens with zero attached hydrogens (tertiary/aromatic N) is 1. The van der Waals surface area contributed by atoms with Crippen molar-refractivity contribution in [2.75, 3.05) is 13.6 Å². The fourth-order valence-electron chi connectivity index (χ4n) is 1.79. The van der Waals surface area contributed by atoms with Crippen LogP contribution in [0.3, 0.4) is 0 Å². The molecule has 0 aliphatic rings. The average Bonchev–Trinajstić information content (AvgIpc) is 2.27. The fraction of sp³-hybridized carbons (Fsp3) is 0.625. The van der Waals surface area contributed by atoms with E-state index in [1.165, 1.54) is 5.56 Å². The molecule has 18 heavy (non-hydrogen) atoms. The molecule has 2 nitrogen and oxygen atoms in total. The maximum absolute atomic E-state index is 10.2. The van der Waals surface area contributed by atoms with Crippen molar-refractivity contribution in [3.05, 3.63) is 35.4 Å². The zero-order chi connectivity index (χ0) is 13.9. The Balaban J connectivity index is 2.73. The van der Waals surface area contributed by atoms with E-state index in [1.807, 2.05) is 19.2 Å². The van der Waals surface area contributed by atoms with E-state index in [0.29, 0.717) is 12.6 Å². The van der Waals surface area contributed by atoms with Crippen molar-refractivity contribution in [3.63, 3.8) is 0 Å². The van der Waals surface area contributed by atoms with Gasteiger partial charge in [-0.2, -0.15) is 0 Å². The molecule has 0 aliphatic heterocycles.